The highest BCUT2D eigenvalue weighted by Crippen LogP contribution is 2.25. The van der Waals surface area contributed by atoms with Gasteiger partial charge in [0.2, 0.25) is 5.90 Å². The summed E-state index contributed by atoms with van der Waals surface area (Å²) in [5, 5.41) is 3.09. The van der Waals surface area contributed by atoms with Crippen molar-refractivity contribution in [1.82, 2.24) is 5.32 Å². The van der Waals surface area contributed by atoms with Gasteiger partial charge in [-0.1, -0.05) is 19.1 Å². The van der Waals surface area contributed by atoms with Gasteiger partial charge in [-0.2, -0.15) is 8.42 Å². The molecule has 0 amide bonds. The third-order valence-electron chi connectivity index (χ3n) is 2.37. The number of nitrogens with zero attached hydrogens (tertiary/aromatic N) is 1. The number of fused-ring (bicyclic) bond motifs is 1. The third kappa shape index (κ3) is 2.48. The lowest BCUT2D eigenvalue weighted by Crippen LogP contribution is -2.20. The lowest BCUT2D eigenvalue weighted by Gasteiger charge is -2.05. The number of benzene rings is 1. The Morgan fingerprint density at radius 2 is 2.12 bits per heavy atom. The minimum absolute atomic E-state index is 0.193. The zero-order chi connectivity index (χ0) is 12.3. The Kier molecular flexibility index (Phi) is 3.44. The molecule has 0 atom stereocenters. The van der Waals surface area contributed by atoms with Crippen molar-refractivity contribution >= 4 is 15.9 Å². The van der Waals surface area contributed by atoms with Crippen LogP contribution >= 0.6 is 0 Å². The Balaban J connectivity index is 2.15. The Labute approximate surface area is 101 Å². The second-order valence-electron chi connectivity index (χ2n) is 3.57. The highest BCUT2D eigenvalue weighted by atomic mass is 32.2. The van der Waals surface area contributed by atoms with Crippen molar-refractivity contribution in [2.45, 2.75) is 11.8 Å². The van der Waals surface area contributed by atoms with E-state index in [1.54, 1.807) is 18.2 Å². The molecule has 5 nitrogen and oxygen atoms in total. The van der Waals surface area contributed by atoms with E-state index in [1.165, 1.54) is 6.07 Å². The lowest BCUT2D eigenvalue weighted by atomic mass is 10.2. The van der Waals surface area contributed by atoms with Crippen LogP contribution in [-0.2, 0) is 14.8 Å². The van der Waals surface area contributed by atoms with E-state index in [9.17, 15) is 8.42 Å². The van der Waals surface area contributed by atoms with E-state index in [0.717, 1.165) is 6.54 Å². The van der Waals surface area contributed by atoms with Crippen molar-refractivity contribution in [1.29, 1.82) is 0 Å². The smallest absolute Gasteiger partial charge is 0.286 e. The van der Waals surface area contributed by atoms with E-state index in [2.05, 4.69) is 9.71 Å². The molecule has 1 aromatic carbocycles. The SMILES string of the molecule is CCNCCOC1=NS(=O)(=O)c2ccccc21. The highest BCUT2D eigenvalue weighted by molar-refractivity contribution is 7.90. The fourth-order valence-electron chi connectivity index (χ4n) is 1.58. The van der Waals surface area contributed by atoms with Crippen molar-refractivity contribution in [3.05, 3.63) is 29.8 Å². The summed E-state index contributed by atoms with van der Waals surface area (Å²) in [4.78, 5) is 0.221. The summed E-state index contributed by atoms with van der Waals surface area (Å²) in [6.07, 6.45) is 0. The van der Waals surface area contributed by atoms with Crippen LogP contribution in [0.5, 0.6) is 0 Å². The molecule has 0 fully saturated rings. The molecule has 92 valence electrons. The average molecular weight is 254 g/mol. The second-order valence-corrected chi connectivity index (χ2v) is 5.14. The van der Waals surface area contributed by atoms with Crippen LogP contribution in [0.15, 0.2) is 33.6 Å². The summed E-state index contributed by atoms with van der Waals surface area (Å²) < 4.78 is 32.3. The molecule has 0 bridgehead atoms. The minimum atomic E-state index is -3.55. The van der Waals surface area contributed by atoms with Gasteiger partial charge in [0.15, 0.2) is 0 Å². The molecule has 0 aromatic heterocycles. The first kappa shape index (κ1) is 12.1. The summed E-state index contributed by atoms with van der Waals surface area (Å²) in [6.45, 7) is 3.91. The van der Waals surface area contributed by atoms with Gasteiger partial charge in [-0.25, -0.2) is 0 Å². The maximum Gasteiger partial charge on any atom is 0.286 e. The normalized spacial score (nSPS) is 16.4. The zero-order valence-corrected chi connectivity index (χ0v) is 10.3. The van der Waals surface area contributed by atoms with Gasteiger partial charge >= 0.3 is 0 Å². The van der Waals surface area contributed by atoms with Crippen LogP contribution in [0.2, 0.25) is 0 Å². The molecule has 1 aromatic rings. The van der Waals surface area contributed by atoms with Crippen LogP contribution in [0, 0.1) is 0 Å². The fourth-order valence-corrected chi connectivity index (χ4v) is 2.73. The van der Waals surface area contributed by atoms with E-state index < -0.39 is 10.0 Å². The van der Waals surface area contributed by atoms with E-state index in [0.29, 0.717) is 18.7 Å². The number of rotatable bonds is 4. The number of nitrogens with one attached hydrogen (secondary N) is 1. The first-order valence-corrected chi connectivity index (χ1v) is 6.87. The topological polar surface area (TPSA) is 67.8 Å². The monoisotopic (exact) mass is 254 g/mol. The number of hydrogen-bond donors (Lipinski definition) is 1. The Bertz CT molecular complexity index is 537. The van der Waals surface area contributed by atoms with Crippen LogP contribution in [0.4, 0.5) is 0 Å². The van der Waals surface area contributed by atoms with Crippen molar-refractivity contribution in [3.8, 4) is 0 Å². The summed E-state index contributed by atoms with van der Waals surface area (Å²) in [5.74, 6) is 0.193. The molecule has 0 saturated carbocycles. The van der Waals surface area contributed by atoms with E-state index in [-0.39, 0.29) is 10.8 Å². The standard InChI is InChI=1S/C11H14N2O3S/c1-2-12-7-8-16-11-9-5-3-4-6-10(9)17(14,15)13-11/h3-6,12H,2,7-8H2,1H3. The number of ether oxygens (including phenoxy) is 1. The van der Waals surface area contributed by atoms with Gasteiger partial charge < -0.3 is 10.1 Å². The van der Waals surface area contributed by atoms with Gasteiger partial charge in [0, 0.05) is 6.54 Å². The molecule has 1 heterocycles. The second kappa shape index (κ2) is 4.85. The van der Waals surface area contributed by atoms with Crippen molar-refractivity contribution < 1.29 is 13.2 Å². The molecule has 1 aliphatic rings. The molecular formula is C11H14N2O3S. The molecular weight excluding hydrogens is 240 g/mol. The molecule has 0 aliphatic carbocycles. The molecule has 0 saturated heterocycles. The predicted molar refractivity (Wildman–Crippen MR) is 64.7 cm³/mol. The van der Waals surface area contributed by atoms with Crippen molar-refractivity contribution in [2.75, 3.05) is 19.7 Å². The molecule has 0 radical (unpaired) electrons. The average Bonchev–Trinajstić information content (AvgIpc) is 2.58. The maximum atomic E-state index is 11.7. The highest BCUT2D eigenvalue weighted by Gasteiger charge is 2.29. The molecule has 17 heavy (non-hydrogen) atoms. The number of sulfonamides is 1. The summed E-state index contributed by atoms with van der Waals surface area (Å²) in [7, 11) is -3.55. The first-order valence-electron chi connectivity index (χ1n) is 5.43. The van der Waals surface area contributed by atoms with Gasteiger partial charge in [-0.3, -0.25) is 0 Å². The van der Waals surface area contributed by atoms with E-state index in [4.69, 9.17) is 4.74 Å². The quantitative estimate of drug-likeness (QED) is 0.806. The largest absolute Gasteiger partial charge is 0.475 e. The van der Waals surface area contributed by atoms with Gasteiger partial charge in [0.25, 0.3) is 10.0 Å². The molecule has 0 unspecified atom stereocenters. The minimum Gasteiger partial charge on any atom is -0.475 e. The third-order valence-corrected chi connectivity index (χ3v) is 3.68. The van der Waals surface area contributed by atoms with Crippen LogP contribution in [0.3, 0.4) is 0 Å². The van der Waals surface area contributed by atoms with Crippen molar-refractivity contribution in [3.63, 3.8) is 0 Å². The first-order chi connectivity index (χ1) is 8.15. The molecule has 2 rings (SSSR count). The number of likely N-dealkylation sites (N-methyl/N-ethyl adjacent to an activating group) is 1. The Morgan fingerprint density at radius 3 is 2.88 bits per heavy atom. The molecule has 1 aliphatic heterocycles. The fraction of sp³-hybridized carbons (Fsp3) is 0.364. The zero-order valence-electron chi connectivity index (χ0n) is 9.51. The summed E-state index contributed by atoms with van der Waals surface area (Å²) >= 11 is 0. The Morgan fingerprint density at radius 1 is 1.35 bits per heavy atom. The summed E-state index contributed by atoms with van der Waals surface area (Å²) in [5.41, 5.74) is 0.545. The van der Waals surface area contributed by atoms with Gasteiger partial charge in [0.1, 0.15) is 11.5 Å². The van der Waals surface area contributed by atoms with Crippen LogP contribution in [0.25, 0.3) is 0 Å². The predicted octanol–water partition coefficient (Wildman–Crippen LogP) is 0.762. The number of hydrogen-bond acceptors (Lipinski definition) is 4. The van der Waals surface area contributed by atoms with Crippen LogP contribution in [0.1, 0.15) is 12.5 Å². The van der Waals surface area contributed by atoms with Crippen LogP contribution < -0.4 is 5.32 Å². The summed E-state index contributed by atoms with van der Waals surface area (Å²) in [6, 6.07) is 6.68. The lowest BCUT2D eigenvalue weighted by molar-refractivity contribution is 0.305. The van der Waals surface area contributed by atoms with Gasteiger partial charge in [0.05, 0.1) is 5.56 Å². The molecule has 0 spiro atoms. The van der Waals surface area contributed by atoms with Gasteiger partial charge in [-0.15, -0.1) is 4.40 Å². The van der Waals surface area contributed by atoms with Gasteiger partial charge in [-0.05, 0) is 18.7 Å². The van der Waals surface area contributed by atoms with E-state index in [1.807, 2.05) is 6.92 Å². The van der Waals surface area contributed by atoms with E-state index >= 15 is 0 Å². The van der Waals surface area contributed by atoms with Crippen molar-refractivity contribution in [2.24, 2.45) is 4.40 Å². The molecule has 1 N–H and O–H groups in total. The van der Waals surface area contributed by atoms with Crippen LogP contribution in [-0.4, -0.2) is 34.0 Å². The maximum absolute atomic E-state index is 11.7. The molecule has 6 heteroatoms. The Hall–Kier alpha value is -1.40.